The zero-order valence-corrected chi connectivity index (χ0v) is 30.2. The van der Waals surface area contributed by atoms with Crippen molar-refractivity contribution in [2.45, 2.75) is 91.5 Å². The number of rotatable bonds is 12. The molecule has 10 nitrogen and oxygen atoms in total. The molecule has 3 rings (SSSR count). The maximum Gasteiger partial charge on any atom is 0.311 e. The van der Waals surface area contributed by atoms with Gasteiger partial charge >= 0.3 is 5.97 Å². The first-order valence-corrected chi connectivity index (χ1v) is 16.7. The molecule has 47 heavy (non-hydrogen) atoms. The highest BCUT2D eigenvalue weighted by molar-refractivity contribution is 6.31. The van der Waals surface area contributed by atoms with Crippen LogP contribution in [0.5, 0.6) is 0 Å². The molecule has 1 saturated heterocycles. The monoisotopic (exact) mass is 672 g/mol. The van der Waals surface area contributed by atoms with Crippen LogP contribution < -0.4 is 4.90 Å². The highest BCUT2D eigenvalue weighted by Crippen LogP contribution is 2.46. The van der Waals surface area contributed by atoms with Gasteiger partial charge in [0.15, 0.2) is 0 Å². The largest absolute Gasteiger partial charge is 0.498 e. The zero-order valence-electron chi connectivity index (χ0n) is 29.4. The first kappa shape index (κ1) is 38.2. The molecule has 1 aliphatic carbocycles. The summed E-state index contributed by atoms with van der Waals surface area (Å²) in [5, 5.41) is 18.0. The summed E-state index contributed by atoms with van der Waals surface area (Å²) in [7, 11) is 3.25. The SMILES string of the molecule is COC1=CCC=CC(C(OCCCC(=O)N2CCC(C(=O)OC(C)(C)C)C2)c2cc(Cl)ccc2N(C(C)=N)C(=N)C(C)C)C1(C)OC. The maximum absolute atomic E-state index is 13.2. The van der Waals surface area contributed by atoms with Crippen LogP contribution in [-0.2, 0) is 28.5 Å². The van der Waals surface area contributed by atoms with Crippen molar-refractivity contribution in [3.8, 4) is 0 Å². The molecule has 1 amide bonds. The third kappa shape index (κ3) is 9.45. The van der Waals surface area contributed by atoms with Crippen molar-refractivity contribution < 1.29 is 28.5 Å². The molecule has 0 spiro atoms. The summed E-state index contributed by atoms with van der Waals surface area (Å²) < 4.78 is 24.2. The van der Waals surface area contributed by atoms with E-state index in [1.54, 1.807) is 37.0 Å². The summed E-state index contributed by atoms with van der Waals surface area (Å²) >= 11 is 6.61. The van der Waals surface area contributed by atoms with Crippen molar-refractivity contribution in [3.63, 3.8) is 0 Å². The lowest BCUT2D eigenvalue weighted by atomic mass is 9.79. The van der Waals surface area contributed by atoms with E-state index in [9.17, 15) is 9.59 Å². The number of hydrogen-bond donors (Lipinski definition) is 2. The zero-order chi connectivity index (χ0) is 35.1. The summed E-state index contributed by atoms with van der Waals surface area (Å²) in [5.41, 5.74) is -0.189. The fourth-order valence-corrected chi connectivity index (χ4v) is 6.29. The molecular formula is C36H53ClN4O6. The first-order chi connectivity index (χ1) is 22.0. The van der Waals surface area contributed by atoms with E-state index in [-0.39, 0.29) is 48.4 Å². The Hall–Kier alpha value is -3.21. The predicted molar refractivity (Wildman–Crippen MR) is 186 cm³/mol. The van der Waals surface area contributed by atoms with Crippen LogP contribution in [0.2, 0.25) is 5.02 Å². The number of likely N-dealkylation sites (tertiary alicyclic amines) is 1. The second kappa shape index (κ2) is 16.3. The van der Waals surface area contributed by atoms with E-state index < -0.39 is 23.2 Å². The molecule has 4 atom stereocenters. The van der Waals surface area contributed by atoms with E-state index in [1.165, 1.54) is 0 Å². The molecule has 1 aliphatic heterocycles. The van der Waals surface area contributed by atoms with Crippen LogP contribution in [0.3, 0.4) is 0 Å². The number of halogens is 1. The lowest BCUT2D eigenvalue weighted by Crippen LogP contribution is -2.43. The van der Waals surface area contributed by atoms with Crippen molar-refractivity contribution in [1.82, 2.24) is 4.90 Å². The van der Waals surface area contributed by atoms with E-state index >= 15 is 0 Å². The van der Waals surface area contributed by atoms with E-state index in [2.05, 4.69) is 6.08 Å². The van der Waals surface area contributed by atoms with E-state index in [0.29, 0.717) is 54.4 Å². The van der Waals surface area contributed by atoms with Crippen LogP contribution in [0, 0.1) is 28.6 Å². The number of anilines is 1. The van der Waals surface area contributed by atoms with Crippen LogP contribution in [0.4, 0.5) is 5.69 Å². The van der Waals surface area contributed by atoms with Gasteiger partial charge in [-0.25, -0.2) is 0 Å². The number of carbonyl (C=O) groups is 2. The number of hydrogen-bond acceptors (Lipinski definition) is 8. The van der Waals surface area contributed by atoms with Crippen LogP contribution >= 0.6 is 11.6 Å². The molecule has 0 saturated carbocycles. The number of nitrogens with one attached hydrogen (secondary N) is 2. The highest BCUT2D eigenvalue weighted by atomic mass is 35.5. The number of allylic oxidation sites excluding steroid dienone is 2. The summed E-state index contributed by atoms with van der Waals surface area (Å²) in [6.07, 6.45) is 7.37. The number of amides is 1. The molecule has 1 aromatic rings. The van der Waals surface area contributed by atoms with Gasteiger partial charge in [-0.2, -0.15) is 0 Å². The molecule has 1 aromatic carbocycles. The van der Waals surface area contributed by atoms with Crippen LogP contribution in [0.1, 0.15) is 85.8 Å². The third-order valence-corrected chi connectivity index (χ3v) is 8.89. The van der Waals surface area contributed by atoms with E-state index in [4.69, 9.17) is 41.4 Å². The summed E-state index contributed by atoms with van der Waals surface area (Å²) in [4.78, 5) is 29.1. The van der Waals surface area contributed by atoms with Gasteiger partial charge in [0.2, 0.25) is 5.91 Å². The van der Waals surface area contributed by atoms with Gasteiger partial charge in [0.05, 0.1) is 24.8 Å². The van der Waals surface area contributed by atoms with Gasteiger partial charge in [0.1, 0.15) is 28.6 Å². The Kier molecular flexibility index (Phi) is 13.2. The molecule has 11 heteroatoms. The average molecular weight is 673 g/mol. The van der Waals surface area contributed by atoms with Crippen molar-refractivity contribution >= 4 is 40.8 Å². The Morgan fingerprint density at radius 3 is 2.49 bits per heavy atom. The Labute approximate surface area is 285 Å². The van der Waals surface area contributed by atoms with E-state index in [0.717, 1.165) is 0 Å². The Bertz CT molecular complexity index is 1370. The number of ether oxygens (including phenoxy) is 4. The standard InChI is InChI=1S/C36H53ClN4O6/c1-23(2)33(39)41(24(3)38)29-17-16-26(37)21-27(29)32(28-13-10-11-14-30(44-8)36(28,7)45-9)46-20-12-15-31(42)40-19-18-25(22-40)34(43)47-35(4,5)6/h10,13-14,16-17,21,23,25,28,32,38-39H,11-12,15,18-20,22H2,1-9H3. The lowest BCUT2D eigenvalue weighted by Gasteiger charge is -2.41. The van der Waals surface area contributed by atoms with Crippen LogP contribution in [-0.4, -0.2) is 73.6 Å². The molecule has 2 aliphatic rings. The van der Waals surface area contributed by atoms with Crippen molar-refractivity contribution in [2.75, 3.05) is 38.8 Å². The predicted octanol–water partition coefficient (Wildman–Crippen LogP) is 7.32. The Balaban J connectivity index is 1.91. The lowest BCUT2D eigenvalue weighted by molar-refractivity contribution is -0.159. The summed E-state index contributed by atoms with van der Waals surface area (Å²) in [5.74, 6) is -0.0420. The third-order valence-electron chi connectivity index (χ3n) is 8.65. The quantitative estimate of drug-likeness (QED) is 0.0784. The molecule has 0 bridgehead atoms. The fraction of sp³-hybridized carbons (Fsp3) is 0.611. The first-order valence-electron chi connectivity index (χ1n) is 16.4. The van der Waals surface area contributed by atoms with Gasteiger partial charge in [-0.1, -0.05) is 37.6 Å². The van der Waals surface area contributed by atoms with Gasteiger partial charge in [-0.3, -0.25) is 25.3 Å². The summed E-state index contributed by atoms with van der Waals surface area (Å²) in [6.45, 7) is 14.1. The topological polar surface area (TPSA) is 125 Å². The molecule has 0 radical (unpaired) electrons. The summed E-state index contributed by atoms with van der Waals surface area (Å²) in [6, 6.07) is 5.39. The minimum absolute atomic E-state index is 0.0312. The number of methoxy groups -OCH3 is 2. The number of nitrogens with zero attached hydrogens (tertiary/aromatic N) is 2. The second-order valence-corrected chi connectivity index (χ2v) is 14.1. The molecule has 1 fully saturated rings. The highest BCUT2D eigenvalue weighted by Gasteiger charge is 2.45. The number of carbonyl (C=O) groups excluding carboxylic acids is 2. The van der Waals surface area contributed by atoms with Gasteiger partial charge in [0.25, 0.3) is 0 Å². The number of esters is 1. The molecule has 1 heterocycles. The van der Waals surface area contributed by atoms with Crippen LogP contribution in [0.15, 0.2) is 42.2 Å². The van der Waals surface area contributed by atoms with Gasteiger partial charge in [-0.05, 0) is 78.2 Å². The normalized spacial score (nSPS) is 22.0. The number of benzene rings is 1. The molecule has 0 aromatic heterocycles. The smallest absolute Gasteiger partial charge is 0.311 e. The van der Waals surface area contributed by atoms with Crippen molar-refractivity contribution in [2.24, 2.45) is 17.8 Å². The average Bonchev–Trinajstić information content (AvgIpc) is 3.44. The maximum atomic E-state index is 13.2. The van der Waals surface area contributed by atoms with Gasteiger partial charge in [0, 0.05) is 55.6 Å². The van der Waals surface area contributed by atoms with Crippen LogP contribution in [0.25, 0.3) is 0 Å². The minimum atomic E-state index is -0.926. The minimum Gasteiger partial charge on any atom is -0.498 e. The molecular weight excluding hydrogens is 620 g/mol. The fourth-order valence-electron chi connectivity index (χ4n) is 6.11. The molecule has 2 N–H and O–H groups in total. The molecule has 260 valence electrons. The molecule has 4 unspecified atom stereocenters. The second-order valence-electron chi connectivity index (χ2n) is 13.7. The van der Waals surface area contributed by atoms with Gasteiger partial charge < -0.3 is 23.8 Å². The van der Waals surface area contributed by atoms with Crippen molar-refractivity contribution in [1.29, 1.82) is 10.8 Å². The van der Waals surface area contributed by atoms with Crippen molar-refractivity contribution in [3.05, 3.63) is 52.8 Å². The number of amidine groups is 2. The Morgan fingerprint density at radius 2 is 1.89 bits per heavy atom. The van der Waals surface area contributed by atoms with Gasteiger partial charge in [-0.15, -0.1) is 0 Å². The van der Waals surface area contributed by atoms with E-state index in [1.807, 2.05) is 65.8 Å². The Morgan fingerprint density at radius 1 is 1.19 bits per heavy atom.